The van der Waals surface area contributed by atoms with Crippen LogP contribution in [0.1, 0.15) is 104 Å². The smallest absolute Gasteiger partial charge is 0.338 e. The van der Waals surface area contributed by atoms with Gasteiger partial charge in [0.15, 0.2) is 5.60 Å². The van der Waals surface area contributed by atoms with E-state index in [1.54, 1.807) is 13.8 Å². The Morgan fingerprint density at radius 3 is 2.21 bits per heavy atom. The molecule has 1 atom stereocenters. The lowest BCUT2D eigenvalue weighted by molar-refractivity contribution is -0.170. The summed E-state index contributed by atoms with van der Waals surface area (Å²) in [5, 5.41) is 0. The second-order valence-corrected chi connectivity index (χ2v) is 8.18. The van der Waals surface area contributed by atoms with E-state index >= 15 is 0 Å². The zero-order chi connectivity index (χ0) is 22.0. The number of carbonyl (C=O) groups is 2. The van der Waals surface area contributed by atoms with Crippen molar-refractivity contribution in [3.8, 4) is 0 Å². The van der Waals surface area contributed by atoms with Crippen LogP contribution in [0.4, 0.5) is 0 Å². The summed E-state index contributed by atoms with van der Waals surface area (Å²) < 4.78 is 15.6. The molecular formula is C24H44O5. The Labute approximate surface area is 178 Å². The van der Waals surface area contributed by atoms with Gasteiger partial charge in [-0.2, -0.15) is 0 Å². The number of carbonyl (C=O) groups excluding carboxylic acids is 2. The Morgan fingerprint density at radius 1 is 0.897 bits per heavy atom. The summed E-state index contributed by atoms with van der Waals surface area (Å²) in [6, 6.07) is 0. The summed E-state index contributed by atoms with van der Waals surface area (Å²) in [6.45, 7) is 5.68. The average molecular weight is 413 g/mol. The molecule has 0 rings (SSSR count). The summed E-state index contributed by atoms with van der Waals surface area (Å²) in [5.41, 5.74) is -0.904. The van der Waals surface area contributed by atoms with Crippen LogP contribution in [0.5, 0.6) is 0 Å². The van der Waals surface area contributed by atoms with Gasteiger partial charge >= 0.3 is 11.9 Å². The fourth-order valence-electron chi connectivity index (χ4n) is 2.93. The molecule has 0 radical (unpaired) electrons. The van der Waals surface area contributed by atoms with E-state index in [9.17, 15) is 9.59 Å². The highest BCUT2D eigenvalue weighted by atomic mass is 16.6. The highest BCUT2D eigenvalue weighted by Gasteiger charge is 2.30. The maximum Gasteiger partial charge on any atom is 0.338 e. The summed E-state index contributed by atoms with van der Waals surface area (Å²) in [4.78, 5) is 23.4. The molecule has 0 aliphatic heterocycles. The van der Waals surface area contributed by atoms with Gasteiger partial charge in [0, 0.05) is 20.0 Å². The molecule has 0 spiro atoms. The van der Waals surface area contributed by atoms with Gasteiger partial charge in [-0.15, -0.1) is 0 Å². The van der Waals surface area contributed by atoms with Gasteiger partial charge in [-0.05, 0) is 46.0 Å². The van der Waals surface area contributed by atoms with Crippen molar-refractivity contribution >= 4 is 11.9 Å². The molecule has 0 aliphatic carbocycles. The van der Waals surface area contributed by atoms with E-state index < -0.39 is 5.60 Å². The van der Waals surface area contributed by atoms with Crippen LogP contribution in [0.3, 0.4) is 0 Å². The van der Waals surface area contributed by atoms with Crippen molar-refractivity contribution in [1.82, 2.24) is 0 Å². The molecule has 0 aromatic carbocycles. The maximum atomic E-state index is 12.3. The van der Waals surface area contributed by atoms with Gasteiger partial charge in [-0.3, -0.25) is 4.79 Å². The maximum absolute atomic E-state index is 12.3. The Bertz CT molecular complexity index is 456. The van der Waals surface area contributed by atoms with E-state index in [4.69, 9.17) is 9.47 Å². The van der Waals surface area contributed by atoms with Crippen LogP contribution in [0.15, 0.2) is 12.2 Å². The lowest BCUT2D eigenvalue weighted by atomic mass is 10.0. The van der Waals surface area contributed by atoms with Crippen molar-refractivity contribution in [2.24, 2.45) is 0 Å². The van der Waals surface area contributed by atoms with Crippen molar-refractivity contribution in [2.75, 3.05) is 14.2 Å². The van der Waals surface area contributed by atoms with E-state index in [-0.39, 0.29) is 18.0 Å². The predicted molar refractivity (Wildman–Crippen MR) is 118 cm³/mol. The molecule has 170 valence electrons. The third-order valence-corrected chi connectivity index (χ3v) is 5.20. The monoisotopic (exact) mass is 412 g/mol. The standard InChI is InChI=1S/C24H44O5/c1-6-7-8-15-18-21(29-23(26)24(2,3)28-5)19-16-13-11-9-10-12-14-17-20-22(25)27-4/h13,16,21H,6-12,14-15,17-20H2,1-5H3/b16-13-. The van der Waals surface area contributed by atoms with Crippen LogP contribution in [0.2, 0.25) is 0 Å². The van der Waals surface area contributed by atoms with Crippen LogP contribution in [0.25, 0.3) is 0 Å². The first-order valence-corrected chi connectivity index (χ1v) is 11.3. The van der Waals surface area contributed by atoms with Gasteiger partial charge in [0.05, 0.1) is 7.11 Å². The molecular weight excluding hydrogens is 368 g/mol. The molecule has 0 heterocycles. The lowest BCUT2D eigenvalue weighted by Gasteiger charge is -2.25. The van der Waals surface area contributed by atoms with Crippen LogP contribution < -0.4 is 0 Å². The predicted octanol–water partition coefficient (Wildman–Crippen LogP) is 6.14. The van der Waals surface area contributed by atoms with E-state index in [1.165, 1.54) is 39.9 Å². The van der Waals surface area contributed by atoms with Gasteiger partial charge in [-0.25, -0.2) is 4.79 Å². The average Bonchev–Trinajstić information content (AvgIpc) is 2.71. The number of hydrogen-bond donors (Lipinski definition) is 0. The normalized spacial score (nSPS) is 12.9. The lowest BCUT2D eigenvalue weighted by Crippen LogP contribution is -2.38. The van der Waals surface area contributed by atoms with Crippen molar-refractivity contribution in [3.05, 3.63) is 12.2 Å². The second kappa shape index (κ2) is 17.5. The second-order valence-electron chi connectivity index (χ2n) is 8.18. The minimum Gasteiger partial charge on any atom is -0.469 e. The van der Waals surface area contributed by atoms with Gasteiger partial charge in [0.25, 0.3) is 0 Å². The molecule has 0 amide bonds. The Morgan fingerprint density at radius 2 is 1.55 bits per heavy atom. The van der Waals surface area contributed by atoms with E-state index in [1.807, 2.05) is 0 Å². The van der Waals surface area contributed by atoms with Crippen molar-refractivity contribution in [1.29, 1.82) is 0 Å². The van der Waals surface area contributed by atoms with E-state index in [2.05, 4.69) is 23.8 Å². The Kier molecular flexibility index (Phi) is 16.7. The number of methoxy groups -OCH3 is 2. The molecule has 0 aliphatic rings. The number of unbranched alkanes of at least 4 members (excludes halogenated alkanes) is 8. The zero-order valence-corrected chi connectivity index (χ0v) is 19.5. The molecule has 1 unspecified atom stereocenters. The Hall–Kier alpha value is -1.36. The minimum atomic E-state index is -0.904. The topological polar surface area (TPSA) is 61.8 Å². The van der Waals surface area contributed by atoms with Crippen LogP contribution >= 0.6 is 0 Å². The third-order valence-electron chi connectivity index (χ3n) is 5.20. The van der Waals surface area contributed by atoms with E-state index in [0.29, 0.717) is 6.42 Å². The minimum absolute atomic E-state index is 0.0802. The summed E-state index contributed by atoms with van der Waals surface area (Å²) in [5.74, 6) is -0.410. The van der Waals surface area contributed by atoms with Gasteiger partial charge in [0.1, 0.15) is 6.10 Å². The fourth-order valence-corrected chi connectivity index (χ4v) is 2.93. The van der Waals surface area contributed by atoms with Crippen molar-refractivity contribution < 1.29 is 23.8 Å². The molecule has 0 aromatic heterocycles. The molecule has 29 heavy (non-hydrogen) atoms. The number of rotatable bonds is 18. The van der Waals surface area contributed by atoms with Gasteiger partial charge in [-0.1, -0.05) is 57.6 Å². The molecule has 0 bridgehead atoms. The third kappa shape index (κ3) is 15.2. The number of esters is 2. The SMILES string of the molecule is CCCCCCC(C/C=C\CCCCCCCC(=O)OC)OC(=O)C(C)(C)OC. The summed E-state index contributed by atoms with van der Waals surface area (Å²) >= 11 is 0. The van der Waals surface area contributed by atoms with Crippen molar-refractivity contribution in [2.45, 2.75) is 116 Å². The summed E-state index contributed by atoms with van der Waals surface area (Å²) in [6.07, 6.45) is 17.6. The zero-order valence-electron chi connectivity index (χ0n) is 19.5. The van der Waals surface area contributed by atoms with Gasteiger partial charge < -0.3 is 14.2 Å². The fraction of sp³-hybridized carbons (Fsp3) is 0.833. The molecule has 0 saturated carbocycles. The molecule has 0 N–H and O–H groups in total. The molecule has 0 fully saturated rings. The van der Waals surface area contributed by atoms with E-state index in [0.717, 1.165) is 51.4 Å². The van der Waals surface area contributed by atoms with Crippen LogP contribution in [-0.4, -0.2) is 37.9 Å². The quantitative estimate of drug-likeness (QED) is 0.154. The molecule has 5 nitrogen and oxygen atoms in total. The highest BCUT2D eigenvalue weighted by molar-refractivity contribution is 5.78. The van der Waals surface area contributed by atoms with Crippen molar-refractivity contribution in [3.63, 3.8) is 0 Å². The Balaban J connectivity index is 4.12. The van der Waals surface area contributed by atoms with Crippen LogP contribution in [-0.2, 0) is 23.8 Å². The number of hydrogen-bond acceptors (Lipinski definition) is 5. The first-order valence-electron chi connectivity index (χ1n) is 11.3. The first kappa shape index (κ1) is 27.6. The highest BCUT2D eigenvalue weighted by Crippen LogP contribution is 2.18. The molecule has 0 saturated heterocycles. The first-order chi connectivity index (χ1) is 13.9. The summed E-state index contributed by atoms with van der Waals surface area (Å²) in [7, 11) is 2.97. The van der Waals surface area contributed by atoms with Gasteiger partial charge in [0.2, 0.25) is 0 Å². The molecule has 0 aromatic rings. The molecule has 5 heteroatoms. The largest absolute Gasteiger partial charge is 0.469 e. The number of ether oxygens (including phenoxy) is 3. The number of allylic oxidation sites excluding steroid dienone is 1. The van der Waals surface area contributed by atoms with Crippen LogP contribution in [0, 0.1) is 0 Å².